The SMILES string of the molecule is Cc1cc(C(=O)NC(C)c2nc(C)c(C(=O)O)s2)c2c(C)noc2n1. The molecule has 25 heavy (non-hydrogen) atoms. The Morgan fingerprint density at radius 1 is 1.24 bits per heavy atom. The number of carbonyl (C=O) groups excluding carboxylic acids is 1. The van der Waals surface area contributed by atoms with Crippen LogP contribution in [0.3, 0.4) is 0 Å². The van der Waals surface area contributed by atoms with Crippen molar-refractivity contribution in [3.05, 3.63) is 38.6 Å². The first-order valence-corrected chi connectivity index (χ1v) is 8.34. The Morgan fingerprint density at radius 2 is 1.96 bits per heavy atom. The maximum absolute atomic E-state index is 12.7. The van der Waals surface area contributed by atoms with Gasteiger partial charge >= 0.3 is 5.97 Å². The van der Waals surface area contributed by atoms with Gasteiger partial charge in [-0.2, -0.15) is 0 Å². The smallest absolute Gasteiger partial charge is 0.347 e. The van der Waals surface area contributed by atoms with Gasteiger partial charge in [-0.3, -0.25) is 4.79 Å². The molecule has 0 aliphatic carbocycles. The van der Waals surface area contributed by atoms with Crippen molar-refractivity contribution >= 4 is 34.3 Å². The Kier molecular flexibility index (Phi) is 4.25. The molecule has 1 atom stereocenters. The van der Waals surface area contributed by atoms with Gasteiger partial charge in [0.05, 0.1) is 28.4 Å². The maximum Gasteiger partial charge on any atom is 0.347 e. The van der Waals surface area contributed by atoms with E-state index >= 15 is 0 Å². The van der Waals surface area contributed by atoms with Gasteiger partial charge in [-0.05, 0) is 33.8 Å². The molecule has 0 saturated heterocycles. The lowest BCUT2D eigenvalue weighted by Gasteiger charge is -2.12. The minimum Gasteiger partial charge on any atom is -0.477 e. The molecule has 0 fully saturated rings. The van der Waals surface area contributed by atoms with Gasteiger partial charge in [0.2, 0.25) is 0 Å². The van der Waals surface area contributed by atoms with Gasteiger partial charge < -0.3 is 14.9 Å². The van der Waals surface area contributed by atoms with E-state index in [0.717, 1.165) is 11.3 Å². The van der Waals surface area contributed by atoms with Crippen LogP contribution in [0.5, 0.6) is 0 Å². The highest BCUT2D eigenvalue weighted by Gasteiger charge is 2.22. The summed E-state index contributed by atoms with van der Waals surface area (Å²) in [5.41, 5.74) is 2.39. The van der Waals surface area contributed by atoms with Gasteiger partial charge in [0.15, 0.2) is 0 Å². The van der Waals surface area contributed by atoms with E-state index in [0.29, 0.717) is 38.8 Å². The number of nitrogens with zero attached hydrogens (tertiary/aromatic N) is 3. The number of aromatic carboxylic acids is 1. The third kappa shape index (κ3) is 3.10. The summed E-state index contributed by atoms with van der Waals surface area (Å²) in [5.74, 6) is -1.34. The number of aryl methyl sites for hydroxylation is 3. The fraction of sp³-hybridized carbons (Fsp3) is 0.312. The Morgan fingerprint density at radius 3 is 2.60 bits per heavy atom. The Bertz CT molecular complexity index is 992. The average Bonchev–Trinajstić information content (AvgIpc) is 3.10. The van der Waals surface area contributed by atoms with Gasteiger partial charge in [0.25, 0.3) is 11.6 Å². The van der Waals surface area contributed by atoms with Crippen molar-refractivity contribution in [3.63, 3.8) is 0 Å². The molecule has 9 heteroatoms. The predicted molar refractivity (Wildman–Crippen MR) is 91.0 cm³/mol. The number of aromatic nitrogens is 3. The third-order valence-corrected chi connectivity index (χ3v) is 5.04. The lowest BCUT2D eigenvalue weighted by Crippen LogP contribution is -2.27. The number of pyridine rings is 1. The van der Waals surface area contributed by atoms with Gasteiger partial charge in [-0.25, -0.2) is 14.8 Å². The molecule has 130 valence electrons. The maximum atomic E-state index is 12.7. The molecule has 0 aliphatic rings. The van der Waals surface area contributed by atoms with E-state index < -0.39 is 12.0 Å². The minimum absolute atomic E-state index is 0.174. The van der Waals surface area contributed by atoms with Crippen LogP contribution in [-0.2, 0) is 0 Å². The highest BCUT2D eigenvalue weighted by Crippen LogP contribution is 2.25. The number of amides is 1. The highest BCUT2D eigenvalue weighted by molar-refractivity contribution is 7.13. The fourth-order valence-corrected chi connectivity index (χ4v) is 3.44. The molecule has 8 nitrogen and oxygen atoms in total. The minimum atomic E-state index is -1.02. The number of carboxylic acids is 1. The number of hydrogen-bond donors (Lipinski definition) is 2. The Labute approximate surface area is 146 Å². The summed E-state index contributed by atoms with van der Waals surface area (Å²) in [7, 11) is 0. The van der Waals surface area contributed by atoms with Crippen LogP contribution in [0.1, 0.15) is 55.1 Å². The molecule has 0 aliphatic heterocycles. The van der Waals surface area contributed by atoms with E-state index in [1.165, 1.54) is 0 Å². The van der Waals surface area contributed by atoms with Crippen LogP contribution >= 0.6 is 11.3 Å². The molecular weight excluding hydrogens is 344 g/mol. The molecule has 3 aromatic rings. The summed E-state index contributed by atoms with van der Waals surface area (Å²) in [5, 5.41) is 16.9. The standard InChI is InChI=1S/C16H16N4O4S/c1-6-5-10(11-7(2)20-24-14(11)17-6)13(21)18-9(4)15-19-8(3)12(25-15)16(22)23/h5,9H,1-4H3,(H,18,21)(H,22,23). The van der Waals surface area contributed by atoms with Crippen LogP contribution in [-0.4, -0.2) is 32.1 Å². The summed E-state index contributed by atoms with van der Waals surface area (Å²) in [4.78, 5) is 32.5. The first-order chi connectivity index (χ1) is 11.8. The van der Waals surface area contributed by atoms with Crippen molar-refractivity contribution in [3.8, 4) is 0 Å². The van der Waals surface area contributed by atoms with Crippen molar-refractivity contribution in [1.29, 1.82) is 0 Å². The van der Waals surface area contributed by atoms with E-state index in [-0.39, 0.29) is 10.8 Å². The summed E-state index contributed by atoms with van der Waals surface area (Å²) in [6.45, 7) is 6.90. The normalized spacial score (nSPS) is 12.3. The van der Waals surface area contributed by atoms with Crippen LogP contribution in [0, 0.1) is 20.8 Å². The van der Waals surface area contributed by atoms with Crippen LogP contribution in [0.15, 0.2) is 10.6 Å². The van der Waals surface area contributed by atoms with E-state index in [9.17, 15) is 9.59 Å². The number of fused-ring (bicyclic) bond motifs is 1. The van der Waals surface area contributed by atoms with E-state index in [1.54, 1.807) is 33.8 Å². The molecule has 3 rings (SSSR count). The fourth-order valence-electron chi connectivity index (χ4n) is 2.53. The second kappa shape index (κ2) is 6.25. The average molecular weight is 360 g/mol. The molecule has 1 amide bonds. The molecule has 0 spiro atoms. The molecule has 3 aromatic heterocycles. The molecule has 1 unspecified atom stereocenters. The first kappa shape index (κ1) is 17.0. The third-order valence-electron chi connectivity index (χ3n) is 3.72. The van der Waals surface area contributed by atoms with Crippen LogP contribution in [0.25, 0.3) is 11.1 Å². The lowest BCUT2D eigenvalue weighted by atomic mass is 10.1. The number of thiazole rings is 1. The van der Waals surface area contributed by atoms with E-state index in [2.05, 4.69) is 20.4 Å². The number of hydrogen-bond acceptors (Lipinski definition) is 7. The van der Waals surface area contributed by atoms with Crippen LogP contribution in [0.2, 0.25) is 0 Å². The van der Waals surface area contributed by atoms with Gasteiger partial charge in [-0.15, -0.1) is 11.3 Å². The summed E-state index contributed by atoms with van der Waals surface area (Å²) < 4.78 is 5.14. The molecule has 3 heterocycles. The molecular formula is C16H16N4O4S. The van der Waals surface area contributed by atoms with Crippen molar-refractivity contribution in [2.24, 2.45) is 0 Å². The van der Waals surface area contributed by atoms with Crippen molar-refractivity contribution < 1.29 is 19.2 Å². The molecule has 0 radical (unpaired) electrons. The molecule has 0 bridgehead atoms. The molecule has 0 saturated carbocycles. The summed E-state index contributed by atoms with van der Waals surface area (Å²) in [6, 6.07) is 1.23. The van der Waals surface area contributed by atoms with Crippen molar-refractivity contribution in [1.82, 2.24) is 20.4 Å². The Hall–Kier alpha value is -2.81. The number of carbonyl (C=O) groups is 2. The number of carboxylic acid groups (broad SMARTS) is 1. The summed E-state index contributed by atoms with van der Waals surface area (Å²) in [6.07, 6.45) is 0. The van der Waals surface area contributed by atoms with E-state index in [4.69, 9.17) is 9.63 Å². The van der Waals surface area contributed by atoms with E-state index in [1.807, 2.05) is 0 Å². The first-order valence-electron chi connectivity index (χ1n) is 7.53. The van der Waals surface area contributed by atoms with Gasteiger partial charge in [0.1, 0.15) is 9.88 Å². The number of rotatable bonds is 4. The second-order valence-electron chi connectivity index (χ2n) is 5.73. The highest BCUT2D eigenvalue weighted by atomic mass is 32.1. The zero-order valence-electron chi connectivity index (χ0n) is 14.1. The molecule has 0 aromatic carbocycles. The topological polar surface area (TPSA) is 118 Å². The second-order valence-corrected chi connectivity index (χ2v) is 6.76. The van der Waals surface area contributed by atoms with Crippen molar-refractivity contribution in [2.75, 3.05) is 0 Å². The molecule has 2 N–H and O–H groups in total. The number of nitrogens with one attached hydrogen (secondary N) is 1. The monoisotopic (exact) mass is 360 g/mol. The predicted octanol–water partition coefficient (Wildman–Crippen LogP) is 2.79. The quantitative estimate of drug-likeness (QED) is 0.734. The zero-order valence-corrected chi connectivity index (χ0v) is 14.9. The lowest BCUT2D eigenvalue weighted by molar-refractivity contribution is 0.0701. The van der Waals surface area contributed by atoms with Gasteiger partial charge in [0, 0.05) is 5.69 Å². The van der Waals surface area contributed by atoms with Gasteiger partial charge in [-0.1, -0.05) is 5.16 Å². The van der Waals surface area contributed by atoms with Crippen molar-refractivity contribution in [2.45, 2.75) is 33.7 Å². The summed E-state index contributed by atoms with van der Waals surface area (Å²) >= 11 is 1.06. The zero-order chi connectivity index (χ0) is 18.3. The Balaban J connectivity index is 1.91. The van der Waals surface area contributed by atoms with Crippen LogP contribution < -0.4 is 5.32 Å². The van der Waals surface area contributed by atoms with Crippen LogP contribution in [0.4, 0.5) is 0 Å². The largest absolute Gasteiger partial charge is 0.477 e.